The van der Waals surface area contributed by atoms with Crippen molar-refractivity contribution >= 4 is 40.7 Å². The van der Waals surface area contributed by atoms with E-state index in [1.165, 1.54) is 5.56 Å². The normalized spacial score (nSPS) is 13.6. The molecular weight excluding hydrogens is 695 g/mol. The Morgan fingerprint density at radius 1 is 0.750 bits per heavy atom. The van der Waals surface area contributed by atoms with Gasteiger partial charge in [0.1, 0.15) is 0 Å². The van der Waals surface area contributed by atoms with Crippen molar-refractivity contribution in [3.8, 4) is 11.3 Å². The zero-order valence-electron chi connectivity index (χ0n) is 23.9. The first-order valence-corrected chi connectivity index (χ1v) is 13.8. The Hall–Kier alpha value is -4.99. The number of aromatic nitrogens is 4. The molecule has 0 atom stereocenters. The molecule has 0 saturated carbocycles. The third-order valence-corrected chi connectivity index (χ3v) is 6.42. The minimum absolute atomic E-state index is 0.901. The van der Waals surface area contributed by atoms with Gasteiger partial charge in [0.2, 0.25) is 0 Å². The molecule has 1 saturated heterocycles. The van der Waals surface area contributed by atoms with Gasteiger partial charge in [-0.1, -0.05) is 6.07 Å². The number of carbonyl (C=O) groups is 3. The lowest BCUT2D eigenvalue weighted by Crippen LogP contribution is -2.46. The molecule has 1 fully saturated rings. The number of halogens is 9. The molecule has 262 valence electrons. The van der Waals surface area contributed by atoms with Crippen LogP contribution in [0, 0.1) is 0 Å². The van der Waals surface area contributed by atoms with Gasteiger partial charge in [-0.05, 0) is 23.6 Å². The molecule has 4 aromatic rings. The molecule has 0 amide bonds. The number of nitrogens with zero attached hydrogens (tertiary/aromatic N) is 6. The first kappa shape index (κ1) is 39.2. The minimum atomic E-state index is -5.08. The summed E-state index contributed by atoms with van der Waals surface area (Å²) in [5.41, 5.74) is 4.37. The summed E-state index contributed by atoms with van der Waals surface area (Å²) in [5.74, 6) is -7.30. The number of piperazine rings is 1. The number of alkyl halides is 9. The number of pyridine rings is 1. The van der Waals surface area contributed by atoms with E-state index in [-0.39, 0.29) is 0 Å². The van der Waals surface area contributed by atoms with Gasteiger partial charge >= 0.3 is 36.4 Å². The van der Waals surface area contributed by atoms with E-state index in [9.17, 15) is 39.5 Å². The Kier molecular flexibility index (Phi) is 13.6. The lowest BCUT2D eigenvalue weighted by atomic mass is 10.2. The van der Waals surface area contributed by atoms with E-state index in [0.29, 0.717) is 0 Å². The third kappa shape index (κ3) is 12.3. The largest absolute Gasteiger partial charge is 0.490 e. The van der Waals surface area contributed by atoms with Crippen LogP contribution < -0.4 is 4.90 Å². The lowest BCUT2D eigenvalue weighted by molar-refractivity contribution is -0.193. The number of thiophene rings is 1. The first-order chi connectivity index (χ1) is 22.2. The Balaban J connectivity index is 0.000000313. The van der Waals surface area contributed by atoms with Gasteiger partial charge in [0.05, 0.1) is 17.6 Å². The molecule has 5 rings (SSSR count). The second kappa shape index (κ2) is 16.7. The minimum Gasteiger partial charge on any atom is -0.475 e. The second-order valence-corrected chi connectivity index (χ2v) is 9.87. The van der Waals surface area contributed by atoms with Gasteiger partial charge in [-0.3, -0.25) is 14.3 Å². The van der Waals surface area contributed by atoms with Crippen LogP contribution in [-0.4, -0.2) is 102 Å². The van der Waals surface area contributed by atoms with Crippen molar-refractivity contribution < 1.29 is 69.2 Å². The highest BCUT2D eigenvalue weighted by atomic mass is 32.1. The van der Waals surface area contributed by atoms with Gasteiger partial charge in [-0.25, -0.2) is 24.4 Å². The van der Waals surface area contributed by atoms with Crippen molar-refractivity contribution in [2.24, 2.45) is 0 Å². The molecule has 48 heavy (non-hydrogen) atoms. The highest BCUT2D eigenvalue weighted by Crippen LogP contribution is 2.27. The van der Waals surface area contributed by atoms with E-state index in [4.69, 9.17) is 29.7 Å². The van der Waals surface area contributed by atoms with Crippen LogP contribution in [0.1, 0.15) is 5.69 Å². The van der Waals surface area contributed by atoms with Gasteiger partial charge < -0.3 is 20.2 Å². The average molecular weight is 719 g/mol. The van der Waals surface area contributed by atoms with Crippen molar-refractivity contribution in [1.82, 2.24) is 24.3 Å². The molecule has 5 heterocycles. The number of anilines is 1. The molecule has 22 heteroatoms. The molecule has 1 aliphatic rings. The fourth-order valence-electron chi connectivity index (χ4n) is 3.59. The van der Waals surface area contributed by atoms with E-state index >= 15 is 0 Å². The molecule has 1 aliphatic heterocycles. The molecule has 0 spiro atoms. The van der Waals surface area contributed by atoms with Crippen LogP contribution in [0.25, 0.3) is 16.9 Å². The van der Waals surface area contributed by atoms with E-state index in [1.807, 2.05) is 36.9 Å². The number of fused-ring (bicyclic) bond motifs is 1. The number of aliphatic carboxylic acids is 3. The summed E-state index contributed by atoms with van der Waals surface area (Å²) in [6.07, 6.45) is -7.57. The van der Waals surface area contributed by atoms with Crippen molar-refractivity contribution in [3.05, 3.63) is 65.5 Å². The summed E-state index contributed by atoms with van der Waals surface area (Å²) in [5, 5.41) is 25.6. The van der Waals surface area contributed by atoms with Gasteiger partial charge in [0, 0.05) is 62.3 Å². The van der Waals surface area contributed by atoms with Gasteiger partial charge in [-0.15, -0.1) is 0 Å². The summed E-state index contributed by atoms with van der Waals surface area (Å²) >= 11 is 1.70. The van der Waals surface area contributed by atoms with Crippen molar-refractivity contribution in [1.29, 1.82) is 0 Å². The summed E-state index contributed by atoms with van der Waals surface area (Å²) < 4.78 is 97.4. The number of imidazole rings is 1. The van der Waals surface area contributed by atoms with Crippen LogP contribution >= 0.6 is 11.3 Å². The molecule has 0 radical (unpaired) electrons. The van der Waals surface area contributed by atoms with E-state index < -0.39 is 36.4 Å². The van der Waals surface area contributed by atoms with Crippen LogP contribution in [0.5, 0.6) is 0 Å². The maximum Gasteiger partial charge on any atom is 0.490 e. The van der Waals surface area contributed by atoms with E-state index in [2.05, 4.69) is 52.0 Å². The number of rotatable bonds is 4. The van der Waals surface area contributed by atoms with Crippen molar-refractivity contribution in [2.75, 3.05) is 31.1 Å². The molecule has 0 bridgehead atoms. The standard InChI is InChI=1S/C20H20N6S.3C2HF3O2/c1-2-5-21-17(3-1)14-24-8-10-25(11-9-24)19-20-23-13-18(16-4-12-27-15-16)26(20)7-6-22-19;3*3-2(4,5)1(6)7/h1-7,12-13,15H,8-11,14H2;3*(H,6,7). The molecule has 0 aliphatic carbocycles. The number of hydrogen-bond donors (Lipinski definition) is 3. The third-order valence-electron chi connectivity index (χ3n) is 5.74. The predicted octanol–water partition coefficient (Wildman–Crippen LogP) is 5.07. The molecule has 0 unspecified atom stereocenters. The first-order valence-electron chi connectivity index (χ1n) is 12.8. The van der Waals surface area contributed by atoms with Crippen molar-refractivity contribution in [3.63, 3.8) is 0 Å². The Morgan fingerprint density at radius 3 is 1.73 bits per heavy atom. The lowest BCUT2D eigenvalue weighted by Gasteiger charge is -2.35. The van der Waals surface area contributed by atoms with Crippen LogP contribution in [-0.2, 0) is 20.9 Å². The topological polar surface area (TPSA) is 161 Å². The Labute approximate surface area is 267 Å². The number of carboxylic acids is 3. The highest BCUT2D eigenvalue weighted by molar-refractivity contribution is 7.08. The van der Waals surface area contributed by atoms with Crippen molar-refractivity contribution in [2.45, 2.75) is 25.1 Å². The summed E-state index contributed by atoms with van der Waals surface area (Å²) in [6.45, 7) is 4.78. The highest BCUT2D eigenvalue weighted by Gasteiger charge is 2.39. The number of carboxylic acid groups (broad SMARTS) is 3. The van der Waals surface area contributed by atoms with Crippen LogP contribution in [0.15, 0.2) is 59.8 Å². The molecule has 0 aromatic carbocycles. The molecule has 3 N–H and O–H groups in total. The Morgan fingerprint density at radius 2 is 1.29 bits per heavy atom. The Bertz CT molecular complexity index is 1570. The second-order valence-electron chi connectivity index (χ2n) is 9.09. The zero-order chi connectivity index (χ0) is 36.3. The molecule has 4 aromatic heterocycles. The molecular formula is C26H23F9N6O6S. The SMILES string of the molecule is O=C(O)C(F)(F)F.O=C(O)C(F)(F)F.O=C(O)C(F)(F)F.c1ccc(CN2CCN(c3nccn4c(-c5ccsc5)cnc34)CC2)nc1. The summed E-state index contributed by atoms with van der Waals surface area (Å²) in [6, 6.07) is 8.23. The van der Waals surface area contributed by atoms with E-state index in [1.54, 1.807) is 11.3 Å². The smallest absolute Gasteiger partial charge is 0.475 e. The number of hydrogen-bond acceptors (Lipinski definition) is 9. The van der Waals surface area contributed by atoms with E-state index in [0.717, 1.165) is 55.6 Å². The molecule has 12 nitrogen and oxygen atoms in total. The maximum absolute atomic E-state index is 10.6. The quantitative estimate of drug-likeness (QED) is 0.242. The average Bonchev–Trinajstić information content (AvgIpc) is 3.68. The van der Waals surface area contributed by atoms with Crippen LogP contribution in [0.2, 0.25) is 0 Å². The van der Waals surface area contributed by atoms with Gasteiger partial charge in [-0.2, -0.15) is 50.9 Å². The van der Waals surface area contributed by atoms with Gasteiger partial charge in [0.15, 0.2) is 11.5 Å². The monoisotopic (exact) mass is 718 g/mol. The maximum atomic E-state index is 10.6. The predicted molar refractivity (Wildman–Crippen MR) is 149 cm³/mol. The van der Waals surface area contributed by atoms with Crippen LogP contribution in [0.3, 0.4) is 0 Å². The van der Waals surface area contributed by atoms with Crippen LogP contribution in [0.4, 0.5) is 45.3 Å². The fourth-order valence-corrected chi connectivity index (χ4v) is 4.24. The summed E-state index contributed by atoms with van der Waals surface area (Å²) in [7, 11) is 0. The fraction of sp³-hybridized carbons (Fsp3) is 0.308. The summed E-state index contributed by atoms with van der Waals surface area (Å²) in [4.78, 5) is 45.2. The zero-order valence-corrected chi connectivity index (χ0v) is 24.7. The van der Waals surface area contributed by atoms with Gasteiger partial charge in [0.25, 0.3) is 0 Å².